The molecule has 0 aromatic heterocycles. The van der Waals surface area contributed by atoms with Crippen LogP contribution in [-0.2, 0) is 0 Å². The summed E-state index contributed by atoms with van der Waals surface area (Å²) < 4.78 is 13.5. The third-order valence-corrected chi connectivity index (χ3v) is 2.48. The molecule has 0 aliphatic rings. The van der Waals surface area contributed by atoms with Crippen molar-refractivity contribution in [2.24, 2.45) is 0 Å². The summed E-state index contributed by atoms with van der Waals surface area (Å²) in [5.41, 5.74) is -0.552. The van der Waals surface area contributed by atoms with Crippen molar-refractivity contribution in [3.05, 3.63) is 35.1 Å². The van der Waals surface area contributed by atoms with Crippen molar-refractivity contribution in [1.82, 2.24) is 5.32 Å². The molecule has 5 heteroatoms. The van der Waals surface area contributed by atoms with Crippen molar-refractivity contribution in [3.63, 3.8) is 0 Å². The Labute approximate surface area is 99.1 Å². The fourth-order valence-electron chi connectivity index (χ4n) is 1.27. The molecule has 0 fully saturated rings. The molecule has 0 radical (unpaired) electrons. The van der Waals surface area contributed by atoms with Crippen LogP contribution in [-0.4, -0.2) is 34.9 Å². The summed E-state index contributed by atoms with van der Waals surface area (Å²) in [6.45, 7) is 2.33. The Hall–Kier alpha value is -1.46. The van der Waals surface area contributed by atoms with E-state index in [-0.39, 0.29) is 5.56 Å². The van der Waals surface area contributed by atoms with Gasteiger partial charge in [-0.1, -0.05) is 6.07 Å². The molecular weight excluding hydrogens is 225 g/mol. The highest BCUT2D eigenvalue weighted by molar-refractivity contribution is 5.95. The Morgan fingerprint density at radius 2 is 2.00 bits per heavy atom. The van der Waals surface area contributed by atoms with Gasteiger partial charge in [-0.25, -0.2) is 4.39 Å². The van der Waals surface area contributed by atoms with Crippen molar-refractivity contribution in [3.8, 4) is 0 Å². The summed E-state index contributed by atoms with van der Waals surface area (Å²) >= 11 is 0. The number of amides is 1. The summed E-state index contributed by atoms with van der Waals surface area (Å²) in [7, 11) is 0. The van der Waals surface area contributed by atoms with E-state index in [1.54, 1.807) is 13.0 Å². The summed E-state index contributed by atoms with van der Waals surface area (Å²) in [6, 6.07) is 4.24. The second-order valence-electron chi connectivity index (χ2n) is 4.31. The van der Waals surface area contributed by atoms with Crippen LogP contribution in [0.2, 0.25) is 0 Å². The van der Waals surface area contributed by atoms with Crippen molar-refractivity contribution >= 4 is 5.91 Å². The summed E-state index contributed by atoms with van der Waals surface area (Å²) in [5, 5.41) is 20.4. The molecule has 0 saturated carbocycles. The zero-order chi connectivity index (χ0) is 13.1. The Kier molecular flexibility index (Phi) is 4.20. The molecule has 0 unspecified atom stereocenters. The first-order valence-electron chi connectivity index (χ1n) is 5.22. The maximum absolute atomic E-state index is 13.5. The first kappa shape index (κ1) is 13.6. The number of nitrogens with one attached hydrogen (secondary N) is 1. The van der Waals surface area contributed by atoms with Gasteiger partial charge in [0.2, 0.25) is 0 Å². The van der Waals surface area contributed by atoms with Crippen LogP contribution in [0.25, 0.3) is 0 Å². The number of rotatable bonds is 4. The topological polar surface area (TPSA) is 69.6 Å². The Balaban J connectivity index is 2.90. The smallest absolute Gasteiger partial charge is 0.254 e. The van der Waals surface area contributed by atoms with Crippen molar-refractivity contribution in [1.29, 1.82) is 0 Å². The van der Waals surface area contributed by atoms with Gasteiger partial charge in [-0.15, -0.1) is 0 Å². The van der Waals surface area contributed by atoms with Gasteiger partial charge in [0, 0.05) is 0 Å². The fraction of sp³-hybridized carbons (Fsp3) is 0.417. The van der Waals surface area contributed by atoms with Crippen molar-refractivity contribution < 1.29 is 19.4 Å². The van der Waals surface area contributed by atoms with Crippen LogP contribution in [0.15, 0.2) is 18.2 Å². The van der Waals surface area contributed by atoms with Gasteiger partial charge in [0.05, 0.1) is 24.3 Å². The molecule has 3 N–H and O–H groups in total. The predicted molar refractivity (Wildman–Crippen MR) is 61.2 cm³/mol. The lowest BCUT2D eigenvalue weighted by Crippen LogP contribution is -2.51. The normalized spacial score (nSPS) is 11.4. The van der Waals surface area contributed by atoms with Gasteiger partial charge < -0.3 is 15.5 Å². The third-order valence-electron chi connectivity index (χ3n) is 2.48. The number of benzene rings is 1. The van der Waals surface area contributed by atoms with Gasteiger partial charge in [-0.05, 0) is 31.5 Å². The number of aliphatic hydroxyl groups excluding tert-OH is 2. The van der Waals surface area contributed by atoms with Crippen LogP contribution < -0.4 is 5.32 Å². The van der Waals surface area contributed by atoms with E-state index in [4.69, 9.17) is 10.2 Å². The molecule has 0 aliphatic heterocycles. The number of halogens is 1. The van der Waals surface area contributed by atoms with Gasteiger partial charge in [-0.2, -0.15) is 0 Å². The average molecular weight is 241 g/mol. The molecule has 1 aromatic carbocycles. The Bertz CT molecular complexity index is 416. The van der Waals surface area contributed by atoms with Crippen molar-refractivity contribution in [2.45, 2.75) is 19.4 Å². The van der Waals surface area contributed by atoms with E-state index >= 15 is 0 Å². The van der Waals surface area contributed by atoms with E-state index in [0.717, 1.165) is 0 Å². The number of hydrogen-bond donors (Lipinski definition) is 3. The predicted octanol–water partition coefficient (Wildman–Crippen LogP) is 0.607. The second kappa shape index (κ2) is 5.25. The average Bonchev–Trinajstić information content (AvgIpc) is 2.28. The maximum atomic E-state index is 13.5. The summed E-state index contributed by atoms with van der Waals surface area (Å²) in [6.07, 6.45) is 0. The van der Waals surface area contributed by atoms with Gasteiger partial charge in [0.25, 0.3) is 5.91 Å². The van der Waals surface area contributed by atoms with Crippen LogP contribution in [0.3, 0.4) is 0 Å². The minimum Gasteiger partial charge on any atom is -0.394 e. The van der Waals surface area contributed by atoms with E-state index in [0.29, 0.717) is 5.56 Å². The standard InChI is InChI=1S/C12H16FNO3/c1-8-3-4-9(10(13)5-8)11(17)14-12(2,6-15)7-16/h3-5,15-16H,6-7H2,1-2H3,(H,14,17). The van der Waals surface area contributed by atoms with Gasteiger partial charge >= 0.3 is 0 Å². The molecule has 0 spiro atoms. The zero-order valence-corrected chi connectivity index (χ0v) is 9.83. The molecule has 0 atom stereocenters. The van der Waals surface area contributed by atoms with Gasteiger partial charge in [0.15, 0.2) is 0 Å². The van der Waals surface area contributed by atoms with Crippen LogP contribution in [0.5, 0.6) is 0 Å². The molecule has 0 saturated heterocycles. The van der Waals surface area contributed by atoms with E-state index in [2.05, 4.69) is 5.32 Å². The molecule has 1 amide bonds. The highest BCUT2D eigenvalue weighted by Crippen LogP contribution is 2.11. The molecule has 0 heterocycles. The second-order valence-corrected chi connectivity index (χ2v) is 4.31. The molecule has 1 rings (SSSR count). The minimum absolute atomic E-state index is 0.108. The maximum Gasteiger partial charge on any atom is 0.254 e. The molecule has 4 nitrogen and oxygen atoms in total. The molecular formula is C12H16FNO3. The number of aliphatic hydroxyl groups is 2. The Morgan fingerprint density at radius 1 is 1.41 bits per heavy atom. The molecule has 1 aromatic rings. The largest absolute Gasteiger partial charge is 0.394 e. The summed E-state index contributed by atoms with van der Waals surface area (Å²) in [5.74, 6) is -1.28. The number of aryl methyl sites for hydroxylation is 1. The van der Waals surface area contributed by atoms with E-state index in [9.17, 15) is 9.18 Å². The van der Waals surface area contributed by atoms with Gasteiger partial charge in [0.1, 0.15) is 5.82 Å². The lowest BCUT2D eigenvalue weighted by Gasteiger charge is -2.26. The first-order chi connectivity index (χ1) is 7.91. The lowest BCUT2D eigenvalue weighted by atomic mass is 10.0. The molecule has 17 heavy (non-hydrogen) atoms. The molecule has 94 valence electrons. The first-order valence-corrected chi connectivity index (χ1v) is 5.22. The van der Waals surface area contributed by atoms with E-state index in [1.165, 1.54) is 19.1 Å². The van der Waals surface area contributed by atoms with E-state index < -0.39 is 30.5 Å². The third kappa shape index (κ3) is 3.25. The molecule has 0 bridgehead atoms. The minimum atomic E-state index is -1.16. The van der Waals surface area contributed by atoms with E-state index in [1.807, 2.05) is 0 Å². The molecule has 0 aliphatic carbocycles. The Morgan fingerprint density at radius 3 is 2.47 bits per heavy atom. The van der Waals surface area contributed by atoms with Crippen LogP contribution in [0.4, 0.5) is 4.39 Å². The highest BCUT2D eigenvalue weighted by atomic mass is 19.1. The van der Waals surface area contributed by atoms with Crippen LogP contribution in [0.1, 0.15) is 22.8 Å². The number of carbonyl (C=O) groups is 1. The monoisotopic (exact) mass is 241 g/mol. The lowest BCUT2D eigenvalue weighted by molar-refractivity contribution is 0.0720. The number of carbonyl (C=O) groups excluding carboxylic acids is 1. The number of hydrogen-bond acceptors (Lipinski definition) is 3. The summed E-state index contributed by atoms with van der Waals surface area (Å²) in [4.78, 5) is 11.7. The quantitative estimate of drug-likeness (QED) is 0.723. The van der Waals surface area contributed by atoms with Crippen molar-refractivity contribution in [2.75, 3.05) is 13.2 Å². The highest BCUT2D eigenvalue weighted by Gasteiger charge is 2.26. The fourth-order valence-corrected chi connectivity index (χ4v) is 1.27. The zero-order valence-electron chi connectivity index (χ0n) is 9.83. The van der Waals surface area contributed by atoms with Crippen LogP contribution in [0, 0.1) is 12.7 Å². The van der Waals surface area contributed by atoms with Crippen LogP contribution >= 0.6 is 0 Å². The SMILES string of the molecule is Cc1ccc(C(=O)NC(C)(CO)CO)c(F)c1. The van der Waals surface area contributed by atoms with Gasteiger partial charge in [-0.3, -0.25) is 4.79 Å².